The van der Waals surface area contributed by atoms with Gasteiger partial charge in [0.15, 0.2) is 0 Å². The van der Waals surface area contributed by atoms with Crippen molar-refractivity contribution in [3.05, 3.63) is 0 Å². The molecule has 0 aromatic rings. The number of hydrogen-bond donors (Lipinski definition) is 0. The second kappa shape index (κ2) is 4.41. The lowest BCUT2D eigenvalue weighted by Crippen LogP contribution is -2.46. The predicted molar refractivity (Wildman–Crippen MR) is 54.3 cm³/mol. The van der Waals surface area contributed by atoms with Crippen molar-refractivity contribution in [2.45, 2.75) is 44.2 Å². The molecule has 0 radical (unpaired) electrons. The Bertz CT molecular complexity index is 211. The fraction of sp³-hybridized carbons (Fsp3) is 0.909. The summed E-state index contributed by atoms with van der Waals surface area (Å²) < 4.78 is 5.35. The molecule has 1 saturated carbocycles. The smallest absolute Gasteiger partial charge is 0.149 e. The van der Waals surface area contributed by atoms with E-state index in [-0.39, 0.29) is 6.04 Å². The highest BCUT2D eigenvalue weighted by Gasteiger charge is 2.31. The molecular weight excluding hydrogens is 178 g/mol. The van der Waals surface area contributed by atoms with Crippen LogP contribution in [0.4, 0.5) is 0 Å². The molecule has 80 valence electrons. The molecule has 0 bridgehead atoms. The predicted octanol–water partition coefficient (Wildman–Crippen LogP) is 1.22. The normalized spacial score (nSPS) is 34.0. The number of rotatable bonds is 2. The zero-order valence-electron chi connectivity index (χ0n) is 8.87. The molecule has 0 aromatic heterocycles. The molecular formula is C11H19NO2. The van der Waals surface area contributed by atoms with Crippen LogP contribution in [0.1, 0.15) is 32.1 Å². The van der Waals surface area contributed by atoms with Crippen molar-refractivity contribution >= 4 is 5.78 Å². The van der Waals surface area contributed by atoms with Crippen molar-refractivity contribution in [2.24, 2.45) is 0 Å². The monoisotopic (exact) mass is 197 g/mol. The van der Waals surface area contributed by atoms with E-state index < -0.39 is 0 Å². The van der Waals surface area contributed by atoms with Crippen LogP contribution in [-0.2, 0) is 9.53 Å². The highest BCUT2D eigenvalue weighted by atomic mass is 16.5. The van der Waals surface area contributed by atoms with E-state index in [0.717, 1.165) is 38.9 Å². The van der Waals surface area contributed by atoms with E-state index in [4.69, 9.17) is 4.74 Å². The van der Waals surface area contributed by atoms with Gasteiger partial charge in [-0.1, -0.05) is 6.42 Å². The first-order valence-electron chi connectivity index (χ1n) is 5.61. The number of hydrogen-bond acceptors (Lipinski definition) is 3. The first kappa shape index (κ1) is 10.1. The Morgan fingerprint density at radius 1 is 1.36 bits per heavy atom. The minimum absolute atomic E-state index is 0.176. The lowest BCUT2D eigenvalue weighted by Gasteiger charge is -2.33. The van der Waals surface area contributed by atoms with Gasteiger partial charge in [0, 0.05) is 19.1 Å². The van der Waals surface area contributed by atoms with Crippen LogP contribution in [0.25, 0.3) is 0 Å². The Labute approximate surface area is 85.4 Å². The SMILES string of the molecule is CN(C1CCOC1)C1CCCCC1=O. The molecule has 2 rings (SSSR count). The highest BCUT2D eigenvalue weighted by molar-refractivity contribution is 5.84. The summed E-state index contributed by atoms with van der Waals surface area (Å²) in [6, 6.07) is 0.650. The number of carbonyl (C=O) groups excluding carboxylic acids is 1. The molecule has 2 fully saturated rings. The average molecular weight is 197 g/mol. The molecule has 0 amide bonds. The summed E-state index contributed by atoms with van der Waals surface area (Å²) in [7, 11) is 2.08. The molecule has 0 N–H and O–H groups in total. The van der Waals surface area contributed by atoms with Gasteiger partial charge in [-0.15, -0.1) is 0 Å². The van der Waals surface area contributed by atoms with E-state index in [1.807, 2.05) is 0 Å². The van der Waals surface area contributed by atoms with Crippen LogP contribution in [0.5, 0.6) is 0 Å². The standard InChI is InChI=1S/C11H19NO2/c1-12(9-6-7-14-8-9)10-4-2-3-5-11(10)13/h9-10H,2-8H2,1H3. The zero-order chi connectivity index (χ0) is 9.97. The Kier molecular flexibility index (Phi) is 3.19. The van der Waals surface area contributed by atoms with E-state index in [9.17, 15) is 4.79 Å². The van der Waals surface area contributed by atoms with Crippen molar-refractivity contribution in [3.8, 4) is 0 Å². The van der Waals surface area contributed by atoms with Gasteiger partial charge in [-0.2, -0.15) is 0 Å². The number of carbonyl (C=O) groups is 1. The molecule has 2 atom stereocenters. The fourth-order valence-electron chi connectivity index (χ4n) is 2.49. The molecule has 2 unspecified atom stereocenters. The summed E-state index contributed by atoms with van der Waals surface area (Å²) in [5.74, 6) is 0.436. The van der Waals surface area contributed by atoms with Crippen molar-refractivity contribution in [2.75, 3.05) is 20.3 Å². The second-order valence-electron chi connectivity index (χ2n) is 4.41. The van der Waals surface area contributed by atoms with Crippen LogP contribution in [0.15, 0.2) is 0 Å². The van der Waals surface area contributed by atoms with Crippen molar-refractivity contribution < 1.29 is 9.53 Å². The van der Waals surface area contributed by atoms with Gasteiger partial charge in [-0.05, 0) is 26.3 Å². The van der Waals surface area contributed by atoms with Crippen molar-refractivity contribution in [1.82, 2.24) is 4.90 Å². The summed E-state index contributed by atoms with van der Waals surface area (Å²) in [5, 5.41) is 0. The summed E-state index contributed by atoms with van der Waals surface area (Å²) in [6.07, 6.45) is 5.20. The first-order valence-corrected chi connectivity index (χ1v) is 5.61. The Morgan fingerprint density at radius 2 is 2.21 bits per heavy atom. The largest absolute Gasteiger partial charge is 0.380 e. The molecule has 0 aromatic carbocycles. The summed E-state index contributed by atoms with van der Waals surface area (Å²) in [4.78, 5) is 14.0. The van der Waals surface area contributed by atoms with E-state index in [2.05, 4.69) is 11.9 Å². The van der Waals surface area contributed by atoms with Crippen LogP contribution in [0.3, 0.4) is 0 Å². The fourth-order valence-corrected chi connectivity index (χ4v) is 2.49. The molecule has 0 spiro atoms. The van der Waals surface area contributed by atoms with E-state index in [1.165, 1.54) is 6.42 Å². The zero-order valence-corrected chi connectivity index (χ0v) is 8.87. The maximum absolute atomic E-state index is 11.7. The third-order valence-corrected chi connectivity index (χ3v) is 3.50. The summed E-state index contributed by atoms with van der Waals surface area (Å²) in [5.41, 5.74) is 0. The Morgan fingerprint density at radius 3 is 2.86 bits per heavy atom. The number of ether oxygens (including phenoxy) is 1. The molecule has 1 saturated heterocycles. The summed E-state index contributed by atoms with van der Waals surface area (Å²) in [6.45, 7) is 1.66. The Balaban J connectivity index is 1.94. The van der Waals surface area contributed by atoms with Gasteiger partial charge in [0.2, 0.25) is 0 Å². The molecule has 3 heteroatoms. The molecule has 1 aliphatic carbocycles. The number of ketones is 1. The number of Topliss-reactive ketones (excluding diaryl/α,β-unsaturated/α-hetero) is 1. The second-order valence-corrected chi connectivity index (χ2v) is 4.41. The van der Waals surface area contributed by atoms with Crippen molar-refractivity contribution in [1.29, 1.82) is 0 Å². The maximum Gasteiger partial charge on any atom is 0.149 e. The molecule has 3 nitrogen and oxygen atoms in total. The van der Waals surface area contributed by atoms with Crippen LogP contribution >= 0.6 is 0 Å². The topological polar surface area (TPSA) is 29.5 Å². The molecule has 1 aliphatic heterocycles. The van der Waals surface area contributed by atoms with Gasteiger partial charge in [0.05, 0.1) is 12.6 Å². The average Bonchev–Trinajstić information content (AvgIpc) is 2.70. The molecule has 2 aliphatic rings. The van der Waals surface area contributed by atoms with Gasteiger partial charge >= 0.3 is 0 Å². The Hall–Kier alpha value is -0.410. The van der Waals surface area contributed by atoms with E-state index in [0.29, 0.717) is 11.8 Å². The third kappa shape index (κ3) is 1.98. The van der Waals surface area contributed by atoms with Crippen LogP contribution in [0.2, 0.25) is 0 Å². The van der Waals surface area contributed by atoms with Crippen LogP contribution < -0.4 is 0 Å². The lowest BCUT2D eigenvalue weighted by molar-refractivity contribution is -0.126. The van der Waals surface area contributed by atoms with E-state index >= 15 is 0 Å². The molecule has 14 heavy (non-hydrogen) atoms. The van der Waals surface area contributed by atoms with Gasteiger partial charge in [-0.25, -0.2) is 0 Å². The molecule has 1 heterocycles. The highest BCUT2D eigenvalue weighted by Crippen LogP contribution is 2.22. The first-order chi connectivity index (χ1) is 6.79. The quantitative estimate of drug-likeness (QED) is 0.666. The minimum Gasteiger partial charge on any atom is -0.380 e. The number of likely N-dealkylation sites (N-methyl/N-ethyl adjacent to an activating group) is 1. The van der Waals surface area contributed by atoms with E-state index in [1.54, 1.807) is 0 Å². The minimum atomic E-state index is 0.176. The number of nitrogens with zero attached hydrogens (tertiary/aromatic N) is 1. The summed E-state index contributed by atoms with van der Waals surface area (Å²) >= 11 is 0. The van der Waals surface area contributed by atoms with Crippen LogP contribution in [0, 0.1) is 0 Å². The van der Waals surface area contributed by atoms with Crippen molar-refractivity contribution in [3.63, 3.8) is 0 Å². The third-order valence-electron chi connectivity index (χ3n) is 3.50. The maximum atomic E-state index is 11.7. The van der Waals surface area contributed by atoms with Gasteiger partial charge in [-0.3, -0.25) is 9.69 Å². The van der Waals surface area contributed by atoms with Gasteiger partial charge < -0.3 is 4.74 Å². The van der Waals surface area contributed by atoms with Gasteiger partial charge in [0.1, 0.15) is 5.78 Å². The van der Waals surface area contributed by atoms with Gasteiger partial charge in [0.25, 0.3) is 0 Å². The van der Waals surface area contributed by atoms with Crippen LogP contribution in [-0.4, -0.2) is 43.0 Å². The lowest BCUT2D eigenvalue weighted by atomic mass is 9.92.